The van der Waals surface area contributed by atoms with Crippen LogP contribution in [0.15, 0.2) is 0 Å². The summed E-state index contributed by atoms with van der Waals surface area (Å²) in [5.41, 5.74) is 4.61. The van der Waals surface area contributed by atoms with Crippen LogP contribution in [0.3, 0.4) is 0 Å². The van der Waals surface area contributed by atoms with Gasteiger partial charge in [0.15, 0.2) is 0 Å². The van der Waals surface area contributed by atoms with E-state index in [0.29, 0.717) is 0 Å². The number of hydrogen-bond acceptors (Lipinski definition) is 3. The zero-order valence-corrected chi connectivity index (χ0v) is 9.73. The predicted octanol–water partition coefficient (Wildman–Crippen LogP) is -4.12. The Balaban J connectivity index is 0. The molecule has 0 saturated heterocycles. The van der Waals surface area contributed by atoms with Gasteiger partial charge in [-0.3, -0.25) is 4.21 Å². The molecule has 0 fully saturated rings. The zero-order valence-electron chi connectivity index (χ0n) is 5.79. The Bertz CT molecular complexity index is 142. The van der Waals surface area contributed by atoms with Crippen molar-refractivity contribution >= 4 is 17.1 Å². The van der Waals surface area contributed by atoms with Gasteiger partial charge in [0.1, 0.15) is 0 Å². The summed E-state index contributed by atoms with van der Waals surface area (Å²) in [5.74, 6) is 0. The fourth-order valence-corrected chi connectivity index (χ4v) is 0.461. The van der Waals surface area contributed by atoms with Crippen molar-refractivity contribution in [3.05, 3.63) is 0 Å². The van der Waals surface area contributed by atoms with Crippen molar-refractivity contribution in [1.82, 2.24) is 5.32 Å². The van der Waals surface area contributed by atoms with Gasteiger partial charge in [-0.2, -0.15) is 0 Å². The molecule has 0 aromatic rings. The minimum Gasteiger partial charge on any atom is -0.771 e. The molecule has 0 spiro atoms. The van der Waals surface area contributed by atoms with E-state index in [1.54, 1.807) is 0 Å². The van der Waals surface area contributed by atoms with Gasteiger partial charge < -0.3 is 15.6 Å². The largest absolute Gasteiger partial charge is 1.00 e. The number of urea groups is 1. The summed E-state index contributed by atoms with van der Waals surface area (Å²) in [7, 11) is 0. The van der Waals surface area contributed by atoms with Crippen LogP contribution in [-0.2, 0) is 11.1 Å². The van der Waals surface area contributed by atoms with Crippen molar-refractivity contribution in [2.45, 2.75) is 12.3 Å². The van der Waals surface area contributed by atoms with Gasteiger partial charge in [-0.15, -0.1) is 0 Å². The first-order valence-corrected chi connectivity index (χ1v) is 3.32. The molecule has 0 aromatic carbocycles. The number of carbonyl (C=O) groups is 1. The van der Waals surface area contributed by atoms with Gasteiger partial charge in [0.05, 0.1) is 5.37 Å². The average molecular weight is 190 g/mol. The van der Waals surface area contributed by atoms with Crippen molar-refractivity contribution in [1.29, 1.82) is 0 Å². The number of nitrogens with two attached hydrogens (primary N) is 1. The predicted molar refractivity (Wildman–Crippen MR) is 31.1 cm³/mol. The second-order valence-corrected chi connectivity index (χ2v) is 2.64. The van der Waals surface area contributed by atoms with Crippen LogP contribution in [-0.4, -0.2) is 20.2 Å². The van der Waals surface area contributed by atoms with Crippen molar-refractivity contribution in [3.8, 4) is 0 Å². The molecule has 2 amide bonds. The summed E-state index contributed by atoms with van der Waals surface area (Å²) in [5, 5.41) is 1.05. The Morgan fingerprint density at radius 3 is 2.30 bits per heavy atom. The van der Waals surface area contributed by atoms with Crippen molar-refractivity contribution in [3.63, 3.8) is 0 Å². The molecule has 5 nitrogen and oxygen atoms in total. The van der Waals surface area contributed by atoms with E-state index < -0.39 is 22.5 Å². The van der Waals surface area contributed by atoms with Crippen LogP contribution in [0.5, 0.6) is 0 Å². The maximum absolute atomic E-state index is 9.96. The minimum absolute atomic E-state index is 0. The van der Waals surface area contributed by atoms with E-state index in [4.69, 9.17) is 0 Å². The van der Waals surface area contributed by atoms with Crippen LogP contribution in [0.4, 0.5) is 4.79 Å². The number of amides is 2. The molecule has 0 aliphatic rings. The summed E-state index contributed by atoms with van der Waals surface area (Å²) in [6.45, 7) is 1.31. The van der Waals surface area contributed by atoms with E-state index >= 15 is 0 Å². The Kier molecular flexibility index (Phi) is 9.12. The van der Waals surface area contributed by atoms with Crippen LogP contribution in [0, 0.1) is 0 Å². The molecular formula is C3H7KN2O3S. The number of hydrogen-bond donors (Lipinski definition) is 2. The van der Waals surface area contributed by atoms with Crippen LogP contribution in [0.1, 0.15) is 6.92 Å². The maximum atomic E-state index is 9.96. The van der Waals surface area contributed by atoms with Crippen LogP contribution < -0.4 is 62.4 Å². The normalized spacial score (nSPS) is 14.6. The van der Waals surface area contributed by atoms with Crippen molar-refractivity contribution in [2.24, 2.45) is 5.73 Å². The van der Waals surface area contributed by atoms with Crippen LogP contribution >= 0.6 is 0 Å². The third kappa shape index (κ3) is 7.13. The standard InChI is InChI=1S/C3H8N2O3S.K/c1-2(9(7)8)5-3(4)6;/h2H,1H3,(H,7,8)(H3,4,5,6);/q;+1/p-1. The third-order valence-corrected chi connectivity index (χ3v) is 1.33. The second-order valence-electron chi connectivity index (χ2n) is 1.41. The van der Waals surface area contributed by atoms with E-state index in [1.165, 1.54) is 6.92 Å². The molecule has 7 heteroatoms. The summed E-state index contributed by atoms with van der Waals surface area (Å²) in [6.07, 6.45) is 0. The molecule has 3 N–H and O–H groups in total. The number of carbonyl (C=O) groups excluding carboxylic acids is 1. The number of primary amides is 1. The Labute approximate surface area is 104 Å². The van der Waals surface area contributed by atoms with E-state index in [9.17, 15) is 13.6 Å². The quantitative estimate of drug-likeness (QED) is 0.342. The molecule has 0 aromatic heterocycles. The zero-order chi connectivity index (χ0) is 7.44. The summed E-state index contributed by atoms with van der Waals surface area (Å²) >= 11 is -2.29. The summed E-state index contributed by atoms with van der Waals surface area (Å²) < 4.78 is 19.9. The topological polar surface area (TPSA) is 95.2 Å². The number of nitrogens with one attached hydrogen (secondary N) is 1. The van der Waals surface area contributed by atoms with Crippen molar-refractivity contribution < 1.29 is 64.9 Å². The molecule has 0 aliphatic heterocycles. The van der Waals surface area contributed by atoms with Gasteiger partial charge in [-0.1, -0.05) is 0 Å². The SMILES string of the molecule is CC(NC(N)=O)S(=O)[O-].[K+]. The van der Waals surface area contributed by atoms with Crippen LogP contribution in [0.25, 0.3) is 0 Å². The van der Waals surface area contributed by atoms with Gasteiger partial charge in [0.2, 0.25) is 0 Å². The van der Waals surface area contributed by atoms with E-state index in [1.807, 2.05) is 5.32 Å². The maximum Gasteiger partial charge on any atom is 1.00 e. The van der Waals surface area contributed by atoms with E-state index in [2.05, 4.69) is 5.73 Å². The number of rotatable bonds is 2. The second kappa shape index (κ2) is 6.71. The average Bonchev–Trinajstić information content (AvgIpc) is 1.63. The van der Waals surface area contributed by atoms with Gasteiger partial charge in [0, 0.05) is 0 Å². The molecule has 2 atom stereocenters. The first-order chi connectivity index (χ1) is 4.04. The summed E-state index contributed by atoms with van der Waals surface area (Å²) in [4.78, 5) is 9.95. The molecule has 0 saturated carbocycles. The third-order valence-electron chi connectivity index (χ3n) is 0.634. The monoisotopic (exact) mass is 190 g/mol. The van der Waals surface area contributed by atoms with Gasteiger partial charge in [-0.25, -0.2) is 4.79 Å². The molecule has 0 heterocycles. The fraction of sp³-hybridized carbons (Fsp3) is 0.667. The first kappa shape index (κ1) is 13.6. The molecule has 0 bridgehead atoms. The molecule has 54 valence electrons. The summed E-state index contributed by atoms with van der Waals surface area (Å²) in [6, 6.07) is -0.841. The van der Waals surface area contributed by atoms with E-state index in [0.717, 1.165) is 0 Å². The molecular weight excluding hydrogens is 183 g/mol. The molecule has 0 rings (SSSR count). The smallest absolute Gasteiger partial charge is 0.771 e. The fourth-order valence-electron chi connectivity index (χ4n) is 0.248. The van der Waals surface area contributed by atoms with Gasteiger partial charge in [0.25, 0.3) is 0 Å². The van der Waals surface area contributed by atoms with Crippen LogP contribution in [0.2, 0.25) is 0 Å². The molecule has 0 radical (unpaired) electrons. The van der Waals surface area contributed by atoms with Gasteiger partial charge >= 0.3 is 57.4 Å². The first-order valence-electron chi connectivity index (χ1n) is 2.18. The molecule has 2 unspecified atom stereocenters. The molecule has 0 aliphatic carbocycles. The molecule has 10 heavy (non-hydrogen) atoms. The Morgan fingerprint density at radius 1 is 1.80 bits per heavy atom. The van der Waals surface area contributed by atoms with E-state index in [-0.39, 0.29) is 51.4 Å². The van der Waals surface area contributed by atoms with Gasteiger partial charge in [-0.05, 0) is 18.0 Å². The van der Waals surface area contributed by atoms with Crippen molar-refractivity contribution in [2.75, 3.05) is 0 Å². The Morgan fingerprint density at radius 2 is 2.20 bits per heavy atom. The Hall–Kier alpha value is 1.02. The minimum atomic E-state index is -2.29.